The number of non-ortho nitro benzene ring substituents is 1. The van der Waals surface area contributed by atoms with E-state index in [4.69, 9.17) is 0 Å². The zero-order valence-electron chi connectivity index (χ0n) is 14.8. The Morgan fingerprint density at radius 2 is 1.93 bits per heavy atom. The van der Waals surface area contributed by atoms with Crippen LogP contribution < -0.4 is 5.43 Å². The Bertz CT molecular complexity index is 1130. The van der Waals surface area contributed by atoms with Gasteiger partial charge in [-0.3, -0.25) is 25.0 Å². The molecule has 29 heavy (non-hydrogen) atoms. The van der Waals surface area contributed by atoms with E-state index in [2.05, 4.69) is 26.1 Å². The minimum atomic E-state index is -0.948. The highest BCUT2D eigenvalue weighted by Gasteiger charge is 2.23. The van der Waals surface area contributed by atoms with Gasteiger partial charge in [-0.15, -0.1) is 5.10 Å². The standard InChI is InChI=1S/C16H12N8O5/c1-10(11-3-2-4-12(7-11)22-9-17-20-21-22)18-19-16(25)14-8-13(23(26)27)5-6-15(14)24(28)29/h2-9H,1H3,(H,19,25)/b18-10+. The Labute approximate surface area is 162 Å². The second-order valence-corrected chi connectivity index (χ2v) is 5.66. The number of aromatic nitrogens is 4. The van der Waals surface area contributed by atoms with Crippen molar-refractivity contribution in [1.29, 1.82) is 0 Å². The average molecular weight is 396 g/mol. The predicted molar refractivity (Wildman–Crippen MR) is 98.6 cm³/mol. The molecule has 2 aromatic carbocycles. The van der Waals surface area contributed by atoms with E-state index >= 15 is 0 Å². The maximum atomic E-state index is 12.4. The number of nitrogens with one attached hydrogen (secondary N) is 1. The topological polar surface area (TPSA) is 171 Å². The summed E-state index contributed by atoms with van der Waals surface area (Å²) in [6.07, 6.45) is 1.41. The van der Waals surface area contributed by atoms with Gasteiger partial charge in [-0.05, 0) is 35.0 Å². The quantitative estimate of drug-likeness (QED) is 0.372. The summed E-state index contributed by atoms with van der Waals surface area (Å²) in [5.41, 5.74) is 2.38. The SMILES string of the molecule is C/C(=N\NC(=O)c1cc([N+](=O)[O-])ccc1[N+](=O)[O-])c1cccc(-n2cnnn2)c1. The van der Waals surface area contributed by atoms with Crippen LogP contribution in [0.4, 0.5) is 11.4 Å². The van der Waals surface area contributed by atoms with E-state index in [0.29, 0.717) is 17.0 Å². The largest absolute Gasteiger partial charge is 0.282 e. The first kappa shape index (κ1) is 19.2. The number of hydrogen-bond donors (Lipinski definition) is 1. The average Bonchev–Trinajstić information content (AvgIpc) is 3.26. The lowest BCUT2D eigenvalue weighted by Crippen LogP contribution is -2.20. The van der Waals surface area contributed by atoms with Gasteiger partial charge < -0.3 is 0 Å². The van der Waals surface area contributed by atoms with Crippen LogP contribution in [0.15, 0.2) is 53.9 Å². The van der Waals surface area contributed by atoms with Gasteiger partial charge in [0.1, 0.15) is 11.9 Å². The van der Waals surface area contributed by atoms with Crippen LogP contribution in [0.1, 0.15) is 22.8 Å². The number of nitrogens with zero attached hydrogens (tertiary/aromatic N) is 7. The summed E-state index contributed by atoms with van der Waals surface area (Å²) in [5.74, 6) is -0.948. The molecule has 1 heterocycles. The number of nitro groups is 2. The number of carbonyl (C=O) groups is 1. The summed E-state index contributed by atoms with van der Waals surface area (Å²) in [7, 11) is 0. The highest BCUT2D eigenvalue weighted by Crippen LogP contribution is 2.24. The van der Waals surface area contributed by atoms with E-state index in [1.54, 1.807) is 31.2 Å². The molecule has 146 valence electrons. The molecule has 3 rings (SSSR count). The third-order valence-electron chi connectivity index (χ3n) is 3.83. The van der Waals surface area contributed by atoms with Gasteiger partial charge in [0, 0.05) is 18.2 Å². The molecule has 0 radical (unpaired) electrons. The van der Waals surface area contributed by atoms with E-state index in [0.717, 1.165) is 18.2 Å². The van der Waals surface area contributed by atoms with Crippen LogP contribution >= 0.6 is 0 Å². The van der Waals surface area contributed by atoms with Gasteiger partial charge in [-0.25, -0.2) is 10.1 Å². The van der Waals surface area contributed by atoms with Gasteiger partial charge in [0.05, 0.1) is 21.2 Å². The number of benzene rings is 2. The molecule has 1 aromatic heterocycles. The van der Waals surface area contributed by atoms with Crippen molar-refractivity contribution in [1.82, 2.24) is 25.6 Å². The Morgan fingerprint density at radius 1 is 1.14 bits per heavy atom. The molecular weight excluding hydrogens is 384 g/mol. The summed E-state index contributed by atoms with van der Waals surface area (Å²) in [6, 6.07) is 9.63. The first-order chi connectivity index (χ1) is 13.9. The molecule has 0 bridgehead atoms. The Balaban J connectivity index is 1.85. The summed E-state index contributed by atoms with van der Waals surface area (Å²) in [4.78, 5) is 32.8. The zero-order valence-corrected chi connectivity index (χ0v) is 14.8. The van der Waals surface area contributed by atoms with Gasteiger partial charge in [0.25, 0.3) is 17.3 Å². The number of tetrazole rings is 1. The Morgan fingerprint density at radius 3 is 2.59 bits per heavy atom. The highest BCUT2D eigenvalue weighted by molar-refractivity contribution is 6.02. The van der Waals surface area contributed by atoms with Crippen molar-refractivity contribution < 1.29 is 14.6 Å². The van der Waals surface area contributed by atoms with Crippen molar-refractivity contribution in [3.8, 4) is 5.69 Å². The van der Waals surface area contributed by atoms with E-state index < -0.39 is 32.7 Å². The molecule has 0 saturated carbocycles. The molecular formula is C16H12N8O5. The number of hydrazone groups is 1. The van der Waals surface area contributed by atoms with Crippen LogP contribution in [0, 0.1) is 20.2 Å². The first-order valence-electron chi connectivity index (χ1n) is 7.98. The third kappa shape index (κ3) is 4.24. The van der Waals surface area contributed by atoms with Gasteiger partial charge >= 0.3 is 0 Å². The minimum Gasteiger partial charge on any atom is -0.267 e. The Hall–Kier alpha value is -4.55. The molecule has 1 amide bonds. The Kier molecular flexibility index (Phi) is 5.30. The highest BCUT2D eigenvalue weighted by atomic mass is 16.6. The molecule has 1 N–H and O–H groups in total. The van der Waals surface area contributed by atoms with Crippen LogP contribution in [-0.2, 0) is 0 Å². The van der Waals surface area contributed by atoms with Crippen molar-refractivity contribution in [3.63, 3.8) is 0 Å². The van der Waals surface area contributed by atoms with Gasteiger partial charge in [-0.2, -0.15) is 5.10 Å². The lowest BCUT2D eigenvalue weighted by molar-refractivity contribution is -0.389. The van der Waals surface area contributed by atoms with Crippen molar-refractivity contribution in [2.45, 2.75) is 6.92 Å². The summed E-state index contributed by atoms with van der Waals surface area (Å²) in [5, 5.41) is 36.8. The van der Waals surface area contributed by atoms with Crippen LogP contribution in [-0.4, -0.2) is 41.7 Å². The lowest BCUT2D eigenvalue weighted by Gasteiger charge is -2.06. The predicted octanol–water partition coefficient (Wildman–Crippen LogP) is 1.63. The molecule has 0 spiro atoms. The van der Waals surface area contributed by atoms with Crippen molar-refractivity contribution in [2.75, 3.05) is 0 Å². The summed E-state index contributed by atoms with van der Waals surface area (Å²) >= 11 is 0. The summed E-state index contributed by atoms with van der Waals surface area (Å²) in [6.45, 7) is 1.61. The normalized spacial score (nSPS) is 11.1. The maximum Gasteiger partial charge on any atom is 0.282 e. The van der Waals surface area contributed by atoms with Crippen molar-refractivity contribution >= 4 is 23.0 Å². The van der Waals surface area contributed by atoms with Crippen LogP contribution in [0.2, 0.25) is 0 Å². The van der Waals surface area contributed by atoms with Gasteiger partial charge in [0.15, 0.2) is 0 Å². The number of carbonyl (C=O) groups excluding carboxylic acids is 1. The van der Waals surface area contributed by atoms with E-state index in [1.165, 1.54) is 11.0 Å². The van der Waals surface area contributed by atoms with E-state index in [1.807, 2.05) is 0 Å². The molecule has 0 fully saturated rings. The molecule has 0 aliphatic rings. The lowest BCUT2D eigenvalue weighted by atomic mass is 10.1. The fourth-order valence-electron chi connectivity index (χ4n) is 2.39. The number of nitro benzene ring substituents is 2. The fraction of sp³-hybridized carbons (Fsp3) is 0.0625. The number of amides is 1. The van der Waals surface area contributed by atoms with Crippen LogP contribution in [0.25, 0.3) is 5.69 Å². The third-order valence-corrected chi connectivity index (χ3v) is 3.83. The molecule has 13 nitrogen and oxygen atoms in total. The molecule has 0 aliphatic carbocycles. The zero-order chi connectivity index (χ0) is 21.0. The van der Waals surface area contributed by atoms with Crippen LogP contribution in [0.5, 0.6) is 0 Å². The number of hydrogen-bond acceptors (Lipinski definition) is 9. The smallest absolute Gasteiger partial charge is 0.267 e. The molecule has 3 aromatic rings. The van der Waals surface area contributed by atoms with E-state index in [-0.39, 0.29) is 0 Å². The molecule has 0 saturated heterocycles. The van der Waals surface area contributed by atoms with Crippen molar-refractivity contribution in [2.24, 2.45) is 5.10 Å². The molecule has 0 atom stereocenters. The second-order valence-electron chi connectivity index (χ2n) is 5.66. The first-order valence-corrected chi connectivity index (χ1v) is 7.98. The molecule has 0 unspecified atom stereocenters. The number of rotatable bonds is 6. The minimum absolute atomic E-state index is 0.390. The van der Waals surface area contributed by atoms with Crippen molar-refractivity contribution in [3.05, 3.63) is 80.1 Å². The molecule has 13 heteroatoms. The van der Waals surface area contributed by atoms with Crippen LogP contribution in [0.3, 0.4) is 0 Å². The van der Waals surface area contributed by atoms with E-state index in [9.17, 15) is 25.0 Å². The fourth-order valence-corrected chi connectivity index (χ4v) is 2.39. The maximum absolute atomic E-state index is 12.4. The molecule has 0 aliphatic heterocycles. The summed E-state index contributed by atoms with van der Waals surface area (Å²) < 4.78 is 1.43. The van der Waals surface area contributed by atoms with Gasteiger partial charge in [0.2, 0.25) is 0 Å². The monoisotopic (exact) mass is 396 g/mol. The van der Waals surface area contributed by atoms with Gasteiger partial charge in [-0.1, -0.05) is 12.1 Å². The second kappa shape index (κ2) is 7.99.